The van der Waals surface area contributed by atoms with Gasteiger partial charge in [-0.1, -0.05) is 6.92 Å². The lowest BCUT2D eigenvalue weighted by Crippen LogP contribution is -2.09. The summed E-state index contributed by atoms with van der Waals surface area (Å²) < 4.78 is 4.22. The number of hydrogen-bond donors (Lipinski definition) is 1. The lowest BCUT2D eigenvalue weighted by molar-refractivity contribution is 0.0697. The normalized spacial score (nSPS) is 10.3. The minimum absolute atomic E-state index is 0.277. The van der Waals surface area contributed by atoms with Crippen LogP contribution in [-0.4, -0.2) is 27.5 Å². The van der Waals surface area contributed by atoms with Gasteiger partial charge in [-0.2, -0.15) is 4.37 Å². The van der Waals surface area contributed by atoms with Crippen molar-refractivity contribution in [2.75, 3.05) is 11.9 Å². The van der Waals surface area contributed by atoms with Gasteiger partial charge in [0.1, 0.15) is 5.82 Å². The Labute approximate surface area is 109 Å². The minimum Gasteiger partial charge on any atom is -0.478 e. The molecule has 0 aliphatic carbocycles. The summed E-state index contributed by atoms with van der Waals surface area (Å²) in [4.78, 5) is 17.0. The van der Waals surface area contributed by atoms with Crippen molar-refractivity contribution >= 4 is 28.3 Å². The summed E-state index contributed by atoms with van der Waals surface area (Å²) in [7, 11) is 1.88. The molecular formula is C12H13N3O2S. The number of carbonyl (C=O) groups is 1. The molecule has 1 heterocycles. The SMILES string of the molecule is CCc1nsc(N(C)c2ccc(C(=O)O)cc2)n1. The van der Waals surface area contributed by atoms with Gasteiger partial charge in [0.05, 0.1) is 5.56 Å². The zero-order valence-electron chi connectivity index (χ0n) is 10.1. The van der Waals surface area contributed by atoms with Crippen LogP contribution >= 0.6 is 11.5 Å². The van der Waals surface area contributed by atoms with Crippen LogP contribution < -0.4 is 4.90 Å². The van der Waals surface area contributed by atoms with E-state index in [-0.39, 0.29) is 5.56 Å². The van der Waals surface area contributed by atoms with Crippen LogP contribution in [0.1, 0.15) is 23.1 Å². The number of carboxylic acids is 1. The highest BCUT2D eigenvalue weighted by molar-refractivity contribution is 7.09. The first-order chi connectivity index (χ1) is 8.61. The zero-order valence-corrected chi connectivity index (χ0v) is 10.9. The second-order valence-corrected chi connectivity index (χ2v) is 4.49. The predicted octanol–water partition coefficient (Wildman–Crippen LogP) is 2.57. The van der Waals surface area contributed by atoms with Crippen LogP contribution in [-0.2, 0) is 6.42 Å². The fraction of sp³-hybridized carbons (Fsp3) is 0.250. The summed E-state index contributed by atoms with van der Waals surface area (Å²) in [6.07, 6.45) is 0.808. The van der Waals surface area contributed by atoms with E-state index in [1.807, 2.05) is 18.9 Å². The fourth-order valence-electron chi connectivity index (χ4n) is 1.46. The Balaban J connectivity index is 2.22. The Morgan fingerprint density at radius 3 is 2.56 bits per heavy atom. The van der Waals surface area contributed by atoms with Crippen molar-refractivity contribution in [3.8, 4) is 0 Å². The average molecular weight is 263 g/mol. The second-order valence-electron chi connectivity index (χ2n) is 3.76. The molecule has 2 rings (SSSR count). The molecule has 0 aliphatic rings. The number of rotatable bonds is 4. The molecular weight excluding hydrogens is 250 g/mol. The van der Waals surface area contributed by atoms with E-state index in [4.69, 9.17) is 5.11 Å². The highest BCUT2D eigenvalue weighted by Gasteiger charge is 2.10. The molecule has 1 aromatic carbocycles. The summed E-state index contributed by atoms with van der Waals surface area (Å²) in [6.45, 7) is 2.01. The second kappa shape index (κ2) is 5.14. The Hall–Kier alpha value is -1.95. The number of nitrogens with zero attached hydrogens (tertiary/aromatic N) is 3. The van der Waals surface area contributed by atoms with Gasteiger partial charge in [-0.05, 0) is 24.3 Å². The van der Waals surface area contributed by atoms with Gasteiger partial charge in [0, 0.05) is 30.7 Å². The van der Waals surface area contributed by atoms with E-state index in [1.165, 1.54) is 11.5 Å². The lowest BCUT2D eigenvalue weighted by atomic mass is 10.2. The first-order valence-corrected chi connectivity index (χ1v) is 6.29. The average Bonchev–Trinajstić information content (AvgIpc) is 2.86. The van der Waals surface area contributed by atoms with E-state index >= 15 is 0 Å². The topological polar surface area (TPSA) is 66.3 Å². The van der Waals surface area contributed by atoms with Gasteiger partial charge in [-0.25, -0.2) is 9.78 Å². The number of aryl methyl sites for hydroxylation is 1. The Morgan fingerprint density at radius 2 is 2.06 bits per heavy atom. The molecule has 2 aromatic rings. The molecule has 0 radical (unpaired) electrons. The molecule has 0 spiro atoms. The Kier molecular flexibility index (Phi) is 3.57. The minimum atomic E-state index is -0.923. The predicted molar refractivity (Wildman–Crippen MR) is 70.8 cm³/mol. The van der Waals surface area contributed by atoms with Gasteiger partial charge in [0.15, 0.2) is 0 Å². The molecule has 18 heavy (non-hydrogen) atoms. The number of hydrogen-bond acceptors (Lipinski definition) is 5. The van der Waals surface area contributed by atoms with Crippen molar-refractivity contribution in [3.63, 3.8) is 0 Å². The third-order valence-electron chi connectivity index (χ3n) is 2.56. The maximum Gasteiger partial charge on any atom is 0.335 e. The van der Waals surface area contributed by atoms with Crippen LogP contribution in [0, 0.1) is 0 Å². The van der Waals surface area contributed by atoms with E-state index in [9.17, 15) is 4.79 Å². The van der Waals surface area contributed by atoms with Gasteiger partial charge >= 0.3 is 5.97 Å². The Morgan fingerprint density at radius 1 is 1.39 bits per heavy atom. The lowest BCUT2D eigenvalue weighted by Gasteiger charge is -2.15. The van der Waals surface area contributed by atoms with Crippen molar-refractivity contribution < 1.29 is 9.90 Å². The number of aromatic carboxylic acids is 1. The Bertz CT molecular complexity index is 551. The monoisotopic (exact) mass is 263 g/mol. The quantitative estimate of drug-likeness (QED) is 0.918. The summed E-state index contributed by atoms with van der Waals surface area (Å²) in [5, 5.41) is 9.63. The van der Waals surface area contributed by atoms with Gasteiger partial charge < -0.3 is 10.0 Å². The van der Waals surface area contributed by atoms with Crippen molar-refractivity contribution in [2.24, 2.45) is 0 Å². The summed E-state index contributed by atoms with van der Waals surface area (Å²) in [5.74, 6) is -0.0996. The number of carboxylic acid groups (broad SMARTS) is 1. The number of aromatic nitrogens is 2. The van der Waals surface area contributed by atoms with Crippen molar-refractivity contribution in [3.05, 3.63) is 35.7 Å². The molecule has 0 amide bonds. The largest absolute Gasteiger partial charge is 0.478 e. The number of benzene rings is 1. The third-order valence-corrected chi connectivity index (χ3v) is 3.39. The highest BCUT2D eigenvalue weighted by Crippen LogP contribution is 2.25. The summed E-state index contributed by atoms with van der Waals surface area (Å²) in [5.41, 5.74) is 1.16. The molecule has 94 valence electrons. The van der Waals surface area contributed by atoms with Crippen LogP contribution in [0.3, 0.4) is 0 Å². The molecule has 0 aliphatic heterocycles. The fourth-order valence-corrected chi connectivity index (χ4v) is 2.19. The van der Waals surface area contributed by atoms with Crippen LogP contribution in [0.25, 0.3) is 0 Å². The molecule has 0 atom stereocenters. The molecule has 6 heteroatoms. The van der Waals surface area contributed by atoms with Crippen LogP contribution in [0.5, 0.6) is 0 Å². The maximum atomic E-state index is 10.8. The maximum absolute atomic E-state index is 10.8. The van der Waals surface area contributed by atoms with E-state index in [1.54, 1.807) is 24.3 Å². The molecule has 0 saturated carbocycles. The molecule has 0 fully saturated rings. The van der Waals surface area contributed by atoms with E-state index < -0.39 is 5.97 Å². The van der Waals surface area contributed by atoms with Crippen molar-refractivity contribution in [1.29, 1.82) is 0 Å². The molecule has 1 N–H and O–H groups in total. The first-order valence-electron chi connectivity index (χ1n) is 5.51. The van der Waals surface area contributed by atoms with Crippen LogP contribution in [0.4, 0.5) is 10.8 Å². The molecule has 0 saturated heterocycles. The molecule has 0 bridgehead atoms. The standard InChI is InChI=1S/C12H13N3O2S/c1-3-10-13-12(18-14-10)15(2)9-6-4-8(5-7-9)11(16)17/h4-7H,3H2,1-2H3,(H,16,17). The summed E-state index contributed by atoms with van der Waals surface area (Å²) in [6, 6.07) is 6.68. The van der Waals surface area contributed by atoms with Gasteiger partial charge in [0.25, 0.3) is 0 Å². The van der Waals surface area contributed by atoms with Crippen LogP contribution in [0.2, 0.25) is 0 Å². The van der Waals surface area contributed by atoms with E-state index in [0.717, 1.165) is 23.1 Å². The van der Waals surface area contributed by atoms with Gasteiger partial charge in [0.2, 0.25) is 5.13 Å². The highest BCUT2D eigenvalue weighted by atomic mass is 32.1. The van der Waals surface area contributed by atoms with Crippen molar-refractivity contribution in [2.45, 2.75) is 13.3 Å². The van der Waals surface area contributed by atoms with E-state index in [0.29, 0.717) is 0 Å². The zero-order chi connectivity index (χ0) is 13.1. The van der Waals surface area contributed by atoms with Crippen molar-refractivity contribution in [1.82, 2.24) is 9.36 Å². The molecule has 0 unspecified atom stereocenters. The first kappa shape index (κ1) is 12.5. The molecule has 5 nitrogen and oxygen atoms in total. The summed E-state index contributed by atoms with van der Waals surface area (Å²) >= 11 is 1.34. The van der Waals surface area contributed by atoms with Gasteiger partial charge in [-0.15, -0.1) is 0 Å². The van der Waals surface area contributed by atoms with Gasteiger partial charge in [-0.3, -0.25) is 0 Å². The third kappa shape index (κ3) is 2.48. The molecule has 1 aromatic heterocycles. The smallest absolute Gasteiger partial charge is 0.335 e. The van der Waals surface area contributed by atoms with E-state index in [2.05, 4.69) is 9.36 Å². The van der Waals surface area contributed by atoms with Crippen LogP contribution in [0.15, 0.2) is 24.3 Å². The number of anilines is 2.